The molecule has 0 aliphatic heterocycles. The molecule has 3 rings (SSSR count). The van der Waals surface area contributed by atoms with E-state index in [0.29, 0.717) is 19.1 Å². The van der Waals surface area contributed by atoms with Crippen LogP contribution in [0.2, 0.25) is 0 Å². The first-order chi connectivity index (χ1) is 11.8. The summed E-state index contributed by atoms with van der Waals surface area (Å²) in [6.45, 7) is 2.02. The Morgan fingerprint density at radius 1 is 1.08 bits per heavy atom. The topological polar surface area (TPSA) is 68.9 Å². The van der Waals surface area contributed by atoms with E-state index in [9.17, 15) is 0 Å². The molecular formula is C19H24IN3O2. The molecule has 5 nitrogen and oxygen atoms in total. The first-order valence-corrected chi connectivity index (χ1v) is 8.27. The minimum absolute atomic E-state index is 0. The number of para-hydroxylation sites is 1. The van der Waals surface area contributed by atoms with E-state index in [4.69, 9.17) is 15.2 Å². The van der Waals surface area contributed by atoms with Crippen LogP contribution in [-0.2, 0) is 4.74 Å². The van der Waals surface area contributed by atoms with E-state index in [1.54, 1.807) is 0 Å². The van der Waals surface area contributed by atoms with Crippen molar-refractivity contribution in [2.45, 2.75) is 12.8 Å². The fraction of sp³-hybridized carbons (Fsp3) is 0.316. The number of rotatable bonds is 8. The van der Waals surface area contributed by atoms with Crippen LogP contribution < -0.4 is 15.8 Å². The Balaban J connectivity index is 0.00000225. The molecule has 134 valence electrons. The van der Waals surface area contributed by atoms with E-state index in [-0.39, 0.29) is 24.0 Å². The molecule has 0 bridgehead atoms. The maximum absolute atomic E-state index is 5.91. The van der Waals surface area contributed by atoms with E-state index in [0.717, 1.165) is 29.7 Å². The summed E-state index contributed by atoms with van der Waals surface area (Å²) in [5, 5.41) is 3.07. The number of nitrogens with two attached hydrogens (primary N) is 1. The highest BCUT2D eigenvalue weighted by atomic mass is 127. The van der Waals surface area contributed by atoms with Crippen molar-refractivity contribution in [3.63, 3.8) is 0 Å². The van der Waals surface area contributed by atoms with Gasteiger partial charge in [0, 0.05) is 18.4 Å². The first-order valence-electron chi connectivity index (χ1n) is 8.27. The van der Waals surface area contributed by atoms with Crippen LogP contribution in [0.15, 0.2) is 59.6 Å². The Morgan fingerprint density at radius 2 is 1.84 bits per heavy atom. The van der Waals surface area contributed by atoms with E-state index >= 15 is 0 Å². The van der Waals surface area contributed by atoms with Gasteiger partial charge in [0.05, 0.1) is 13.2 Å². The van der Waals surface area contributed by atoms with Crippen molar-refractivity contribution in [3.8, 4) is 11.5 Å². The Bertz CT molecular complexity index is 675. The van der Waals surface area contributed by atoms with Gasteiger partial charge in [0.25, 0.3) is 0 Å². The van der Waals surface area contributed by atoms with Gasteiger partial charge in [0.1, 0.15) is 11.5 Å². The van der Waals surface area contributed by atoms with Crippen LogP contribution in [0, 0.1) is 5.92 Å². The molecule has 0 unspecified atom stereocenters. The van der Waals surface area contributed by atoms with Gasteiger partial charge in [-0.3, -0.25) is 4.99 Å². The summed E-state index contributed by atoms with van der Waals surface area (Å²) in [6.07, 6.45) is 2.60. The van der Waals surface area contributed by atoms with Crippen LogP contribution in [0.25, 0.3) is 0 Å². The molecule has 0 amide bonds. The van der Waals surface area contributed by atoms with Gasteiger partial charge in [0.2, 0.25) is 0 Å². The van der Waals surface area contributed by atoms with Crippen molar-refractivity contribution >= 4 is 35.6 Å². The van der Waals surface area contributed by atoms with E-state index in [1.807, 2.05) is 54.6 Å². The lowest BCUT2D eigenvalue weighted by molar-refractivity contribution is 0.132. The lowest BCUT2D eigenvalue weighted by Gasteiger charge is -2.09. The summed E-state index contributed by atoms with van der Waals surface area (Å²) in [5.74, 6) is 2.69. The maximum atomic E-state index is 5.91. The van der Waals surface area contributed by atoms with Crippen molar-refractivity contribution in [2.24, 2.45) is 16.6 Å². The fourth-order valence-electron chi connectivity index (χ4n) is 2.21. The highest BCUT2D eigenvalue weighted by Crippen LogP contribution is 2.28. The van der Waals surface area contributed by atoms with Crippen molar-refractivity contribution < 1.29 is 9.47 Å². The molecule has 2 aromatic rings. The van der Waals surface area contributed by atoms with E-state index < -0.39 is 0 Å². The van der Waals surface area contributed by atoms with Gasteiger partial charge in [-0.1, -0.05) is 24.3 Å². The predicted octanol–water partition coefficient (Wildman–Crippen LogP) is 4.25. The molecule has 3 N–H and O–H groups in total. The molecule has 2 aromatic carbocycles. The number of aliphatic imine (C=N–C) groups is 1. The number of ether oxygens (including phenoxy) is 2. The molecule has 0 saturated heterocycles. The van der Waals surface area contributed by atoms with Crippen LogP contribution in [0.4, 0.5) is 5.69 Å². The van der Waals surface area contributed by atoms with Crippen LogP contribution in [0.3, 0.4) is 0 Å². The van der Waals surface area contributed by atoms with Crippen LogP contribution in [-0.4, -0.2) is 25.7 Å². The molecule has 0 spiro atoms. The molecule has 6 heteroatoms. The summed E-state index contributed by atoms with van der Waals surface area (Å²) in [7, 11) is 0. The van der Waals surface area contributed by atoms with Crippen LogP contribution >= 0.6 is 24.0 Å². The SMILES string of the molecule is I.NC(=NCCOCC1CC1)Nc1cccc(Oc2ccccc2)c1. The number of guanidine groups is 1. The Hall–Kier alpha value is -1.80. The summed E-state index contributed by atoms with van der Waals surface area (Å²) in [5.41, 5.74) is 6.74. The Kier molecular flexibility index (Phi) is 8.00. The molecule has 0 radical (unpaired) electrons. The highest BCUT2D eigenvalue weighted by Gasteiger charge is 2.20. The molecule has 1 aliphatic carbocycles. The second-order valence-corrected chi connectivity index (χ2v) is 5.85. The average molecular weight is 453 g/mol. The minimum atomic E-state index is 0. The monoisotopic (exact) mass is 453 g/mol. The standard InChI is InChI=1S/C19H23N3O2.HI/c20-19(21-11-12-23-14-15-9-10-15)22-16-5-4-8-18(13-16)24-17-6-2-1-3-7-17;/h1-8,13,15H,9-12,14H2,(H3,20,21,22);1H. The number of hydrogen-bond donors (Lipinski definition) is 2. The molecular weight excluding hydrogens is 429 g/mol. The van der Waals surface area contributed by atoms with Gasteiger partial charge in [-0.15, -0.1) is 24.0 Å². The molecule has 0 heterocycles. The zero-order chi connectivity index (χ0) is 16.6. The molecule has 1 saturated carbocycles. The number of hydrogen-bond acceptors (Lipinski definition) is 3. The lowest BCUT2D eigenvalue weighted by Crippen LogP contribution is -2.23. The number of benzene rings is 2. The first kappa shape index (κ1) is 19.5. The van der Waals surface area contributed by atoms with Gasteiger partial charge < -0.3 is 20.5 Å². The van der Waals surface area contributed by atoms with Gasteiger partial charge in [-0.25, -0.2) is 0 Å². The number of anilines is 1. The van der Waals surface area contributed by atoms with Gasteiger partial charge >= 0.3 is 0 Å². The van der Waals surface area contributed by atoms with Crippen LogP contribution in [0.5, 0.6) is 11.5 Å². The lowest BCUT2D eigenvalue weighted by atomic mass is 10.3. The van der Waals surface area contributed by atoms with Crippen molar-refractivity contribution in [1.82, 2.24) is 0 Å². The second kappa shape index (κ2) is 10.2. The number of halogens is 1. The zero-order valence-corrected chi connectivity index (χ0v) is 16.4. The van der Waals surface area contributed by atoms with E-state index in [1.165, 1.54) is 12.8 Å². The average Bonchev–Trinajstić information content (AvgIpc) is 3.40. The van der Waals surface area contributed by atoms with Crippen molar-refractivity contribution in [3.05, 3.63) is 54.6 Å². The number of nitrogens with zero attached hydrogens (tertiary/aromatic N) is 1. The van der Waals surface area contributed by atoms with Gasteiger partial charge in [0.15, 0.2) is 5.96 Å². The third kappa shape index (κ3) is 7.31. The third-order valence-electron chi connectivity index (χ3n) is 3.65. The summed E-state index contributed by atoms with van der Waals surface area (Å²) < 4.78 is 11.3. The molecule has 25 heavy (non-hydrogen) atoms. The van der Waals surface area contributed by atoms with Crippen molar-refractivity contribution in [1.29, 1.82) is 0 Å². The molecule has 0 aromatic heterocycles. The molecule has 0 atom stereocenters. The second-order valence-electron chi connectivity index (χ2n) is 5.85. The van der Waals surface area contributed by atoms with Gasteiger partial charge in [-0.2, -0.15) is 0 Å². The van der Waals surface area contributed by atoms with Crippen molar-refractivity contribution in [2.75, 3.05) is 25.1 Å². The van der Waals surface area contributed by atoms with Gasteiger partial charge in [-0.05, 0) is 43.0 Å². The Labute approximate surface area is 165 Å². The van der Waals surface area contributed by atoms with E-state index in [2.05, 4.69) is 10.3 Å². The highest BCUT2D eigenvalue weighted by molar-refractivity contribution is 14.0. The third-order valence-corrected chi connectivity index (χ3v) is 3.65. The number of nitrogens with one attached hydrogen (secondary N) is 1. The molecule has 1 aliphatic rings. The summed E-state index contributed by atoms with van der Waals surface area (Å²) in [6, 6.07) is 17.3. The predicted molar refractivity (Wildman–Crippen MR) is 112 cm³/mol. The maximum Gasteiger partial charge on any atom is 0.193 e. The largest absolute Gasteiger partial charge is 0.457 e. The zero-order valence-electron chi connectivity index (χ0n) is 14.1. The summed E-state index contributed by atoms with van der Waals surface area (Å²) in [4.78, 5) is 4.27. The molecule has 1 fully saturated rings. The fourth-order valence-corrected chi connectivity index (χ4v) is 2.21. The smallest absolute Gasteiger partial charge is 0.193 e. The summed E-state index contributed by atoms with van der Waals surface area (Å²) >= 11 is 0. The quantitative estimate of drug-likeness (QED) is 0.272. The normalized spacial score (nSPS) is 13.8. The van der Waals surface area contributed by atoms with Crippen LogP contribution in [0.1, 0.15) is 12.8 Å². The Morgan fingerprint density at radius 3 is 2.60 bits per heavy atom. The minimum Gasteiger partial charge on any atom is -0.457 e.